The summed E-state index contributed by atoms with van der Waals surface area (Å²) in [6, 6.07) is 5.80. The second kappa shape index (κ2) is 5.77. The van der Waals surface area contributed by atoms with Crippen molar-refractivity contribution in [3.63, 3.8) is 0 Å². The molecule has 9 heteroatoms. The molecule has 6 nitrogen and oxygen atoms in total. The summed E-state index contributed by atoms with van der Waals surface area (Å²) in [5.41, 5.74) is -1.06. The Morgan fingerprint density at radius 1 is 1.33 bits per heavy atom. The monoisotopic (exact) mass is 375 g/mol. The van der Waals surface area contributed by atoms with Crippen LogP contribution in [0.1, 0.15) is 31.2 Å². The summed E-state index contributed by atoms with van der Waals surface area (Å²) in [4.78, 5) is 20.0. The van der Waals surface area contributed by atoms with E-state index in [9.17, 15) is 18.0 Å². The first-order chi connectivity index (χ1) is 12.7. The Morgan fingerprint density at radius 3 is 2.74 bits per heavy atom. The number of halogens is 3. The van der Waals surface area contributed by atoms with Crippen LogP contribution in [0.5, 0.6) is 0 Å². The summed E-state index contributed by atoms with van der Waals surface area (Å²) in [7, 11) is 0. The molecular weight excluding hydrogens is 359 g/mol. The summed E-state index contributed by atoms with van der Waals surface area (Å²) in [6.07, 6.45) is 1.89. The van der Waals surface area contributed by atoms with Crippen molar-refractivity contribution < 1.29 is 18.0 Å². The number of hydrogen-bond donors (Lipinski definition) is 1. The van der Waals surface area contributed by atoms with Crippen LogP contribution in [0.3, 0.4) is 0 Å². The SMILES string of the molecule is Cc1nn(-c2cccc(C(C)(F)F)n2)c2cc(NC(=O)C3(F)CC3)ncc12. The molecule has 0 saturated heterocycles. The molecule has 1 aliphatic rings. The maximum absolute atomic E-state index is 13.9. The van der Waals surface area contributed by atoms with Crippen LogP contribution in [0.4, 0.5) is 19.0 Å². The van der Waals surface area contributed by atoms with Gasteiger partial charge in [-0.1, -0.05) is 6.07 Å². The molecule has 3 heterocycles. The molecule has 1 N–H and O–H groups in total. The molecule has 0 spiro atoms. The zero-order valence-corrected chi connectivity index (χ0v) is 14.6. The molecule has 0 aromatic carbocycles. The van der Waals surface area contributed by atoms with Crippen LogP contribution in [0.2, 0.25) is 0 Å². The summed E-state index contributed by atoms with van der Waals surface area (Å²) < 4.78 is 42.5. The van der Waals surface area contributed by atoms with Gasteiger partial charge in [0.2, 0.25) is 0 Å². The normalized spacial score (nSPS) is 15.7. The fraction of sp³-hybridized carbons (Fsp3) is 0.333. The zero-order valence-electron chi connectivity index (χ0n) is 14.6. The van der Waals surface area contributed by atoms with Crippen LogP contribution in [-0.4, -0.2) is 31.3 Å². The van der Waals surface area contributed by atoms with Gasteiger partial charge in [0, 0.05) is 24.6 Å². The lowest BCUT2D eigenvalue weighted by Gasteiger charge is -2.11. The second-order valence-corrected chi connectivity index (χ2v) is 6.77. The third-order valence-electron chi connectivity index (χ3n) is 4.49. The number of carbonyl (C=O) groups excluding carboxylic acids is 1. The lowest BCUT2D eigenvalue weighted by molar-refractivity contribution is -0.122. The molecule has 0 bridgehead atoms. The molecule has 1 amide bonds. The van der Waals surface area contributed by atoms with Crippen LogP contribution in [0.25, 0.3) is 16.7 Å². The van der Waals surface area contributed by atoms with Gasteiger partial charge in [-0.3, -0.25) is 4.79 Å². The van der Waals surface area contributed by atoms with Crippen molar-refractivity contribution >= 4 is 22.6 Å². The van der Waals surface area contributed by atoms with Crippen molar-refractivity contribution in [3.05, 3.63) is 41.9 Å². The fourth-order valence-corrected chi connectivity index (χ4v) is 2.75. The van der Waals surface area contributed by atoms with E-state index in [2.05, 4.69) is 20.4 Å². The van der Waals surface area contributed by atoms with Crippen molar-refractivity contribution in [1.29, 1.82) is 0 Å². The van der Waals surface area contributed by atoms with Crippen molar-refractivity contribution in [2.75, 3.05) is 5.32 Å². The van der Waals surface area contributed by atoms with E-state index in [1.165, 1.54) is 29.1 Å². The Morgan fingerprint density at radius 2 is 2.07 bits per heavy atom. The van der Waals surface area contributed by atoms with Gasteiger partial charge in [0.1, 0.15) is 11.5 Å². The number of nitrogens with zero attached hydrogens (tertiary/aromatic N) is 4. The first-order valence-electron chi connectivity index (χ1n) is 8.39. The van der Waals surface area contributed by atoms with Gasteiger partial charge in [-0.15, -0.1) is 0 Å². The molecule has 0 atom stereocenters. The number of nitrogens with one attached hydrogen (secondary N) is 1. The molecular formula is C18H16F3N5O. The molecule has 0 radical (unpaired) electrons. The largest absolute Gasteiger partial charge is 0.308 e. The fourth-order valence-electron chi connectivity index (χ4n) is 2.75. The number of amides is 1. The maximum Gasteiger partial charge on any atom is 0.287 e. The molecule has 4 rings (SSSR count). The third kappa shape index (κ3) is 3.13. The molecule has 27 heavy (non-hydrogen) atoms. The first kappa shape index (κ1) is 17.4. The Labute approximate surface area is 152 Å². The molecule has 1 fully saturated rings. The van der Waals surface area contributed by atoms with Crippen molar-refractivity contribution in [2.24, 2.45) is 0 Å². The van der Waals surface area contributed by atoms with Crippen molar-refractivity contribution in [2.45, 2.75) is 38.3 Å². The minimum absolute atomic E-state index is 0.162. The van der Waals surface area contributed by atoms with Gasteiger partial charge in [-0.25, -0.2) is 19.0 Å². The standard InChI is InChI=1S/C18H16F3N5O/c1-10-11-9-22-14(24-16(27)18(21)6-7-18)8-12(11)26(25-10)15-5-3-4-13(23-15)17(2,19)20/h3-5,8-9H,6-7H2,1-2H3,(H,22,24,27). The van der Waals surface area contributed by atoms with Gasteiger partial charge < -0.3 is 5.32 Å². The Kier molecular flexibility index (Phi) is 3.72. The number of alkyl halides is 3. The molecule has 1 saturated carbocycles. The van der Waals surface area contributed by atoms with Gasteiger partial charge >= 0.3 is 0 Å². The van der Waals surface area contributed by atoms with E-state index in [-0.39, 0.29) is 30.2 Å². The third-order valence-corrected chi connectivity index (χ3v) is 4.49. The van der Waals surface area contributed by atoms with Crippen LogP contribution in [0, 0.1) is 6.92 Å². The minimum Gasteiger partial charge on any atom is -0.308 e. The highest BCUT2D eigenvalue weighted by molar-refractivity contribution is 5.99. The lowest BCUT2D eigenvalue weighted by Crippen LogP contribution is -2.25. The Hall–Kier alpha value is -2.97. The van der Waals surface area contributed by atoms with Gasteiger partial charge in [0.05, 0.1) is 11.2 Å². The number of aryl methyl sites for hydroxylation is 1. The highest BCUT2D eigenvalue weighted by Crippen LogP contribution is 2.40. The van der Waals surface area contributed by atoms with E-state index >= 15 is 0 Å². The van der Waals surface area contributed by atoms with Crippen LogP contribution < -0.4 is 5.32 Å². The number of pyridine rings is 2. The average Bonchev–Trinajstić information content (AvgIpc) is 3.29. The predicted octanol–water partition coefficient (Wildman–Crippen LogP) is 3.68. The quantitative estimate of drug-likeness (QED) is 0.755. The van der Waals surface area contributed by atoms with Crippen LogP contribution in [0.15, 0.2) is 30.5 Å². The number of aromatic nitrogens is 4. The number of fused-ring (bicyclic) bond motifs is 1. The van der Waals surface area contributed by atoms with E-state index in [0.29, 0.717) is 16.6 Å². The molecule has 3 aromatic rings. The summed E-state index contributed by atoms with van der Waals surface area (Å²) >= 11 is 0. The van der Waals surface area contributed by atoms with E-state index in [1.807, 2.05) is 0 Å². The average molecular weight is 375 g/mol. The first-order valence-corrected chi connectivity index (χ1v) is 8.39. The van der Waals surface area contributed by atoms with Gasteiger partial charge in [-0.2, -0.15) is 13.9 Å². The Bertz CT molecular complexity index is 1050. The molecule has 3 aromatic heterocycles. The maximum atomic E-state index is 13.9. The number of rotatable bonds is 4. The van der Waals surface area contributed by atoms with Crippen molar-refractivity contribution in [1.82, 2.24) is 19.7 Å². The topological polar surface area (TPSA) is 72.7 Å². The summed E-state index contributed by atoms with van der Waals surface area (Å²) in [5, 5.41) is 7.47. The van der Waals surface area contributed by atoms with Gasteiger partial charge in [-0.05, 0) is 31.9 Å². The lowest BCUT2D eigenvalue weighted by atomic mass is 10.2. The highest BCUT2D eigenvalue weighted by Gasteiger charge is 2.51. The van der Waals surface area contributed by atoms with E-state index in [1.54, 1.807) is 13.0 Å². The van der Waals surface area contributed by atoms with E-state index in [4.69, 9.17) is 0 Å². The van der Waals surface area contributed by atoms with Crippen LogP contribution in [-0.2, 0) is 10.7 Å². The zero-order chi connectivity index (χ0) is 19.4. The summed E-state index contributed by atoms with van der Waals surface area (Å²) in [6.45, 7) is 2.52. The number of carbonyl (C=O) groups is 1. The van der Waals surface area contributed by atoms with E-state index in [0.717, 1.165) is 6.92 Å². The number of hydrogen-bond acceptors (Lipinski definition) is 4. The summed E-state index contributed by atoms with van der Waals surface area (Å²) in [5.74, 6) is -3.45. The van der Waals surface area contributed by atoms with Gasteiger partial charge in [0.15, 0.2) is 11.5 Å². The number of anilines is 1. The minimum atomic E-state index is -3.09. The second-order valence-electron chi connectivity index (χ2n) is 6.77. The molecule has 0 aliphatic heterocycles. The van der Waals surface area contributed by atoms with Crippen molar-refractivity contribution in [3.8, 4) is 5.82 Å². The molecule has 1 aliphatic carbocycles. The molecule has 140 valence electrons. The smallest absolute Gasteiger partial charge is 0.287 e. The van der Waals surface area contributed by atoms with Gasteiger partial charge in [0.25, 0.3) is 11.8 Å². The predicted molar refractivity (Wildman–Crippen MR) is 92.7 cm³/mol. The van der Waals surface area contributed by atoms with Crippen LogP contribution >= 0.6 is 0 Å². The van der Waals surface area contributed by atoms with E-state index < -0.39 is 17.5 Å². The Balaban J connectivity index is 1.77. The highest BCUT2D eigenvalue weighted by atomic mass is 19.3. The molecule has 0 unspecified atom stereocenters.